The third kappa shape index (κ3) is 2.72. The lowest BCUT2D eigenvalue weighted by Crippen LogP contribution is -2.47. The van der Waals surface area contributed by atoms with Crippen LogP contribution in [0.1, 0.15) is 31.6 Å². The molecule has 0 aliphatic heterocycles. The van der Waals surface area contributed by atoms with Crippen LogP contribution in [0.15, 0.2) is 16.7 Å². The van der Waals surface area contributed by atoms with Crippen molar-refractivity contribution in [2.24, 2.45) is 11.1 Å². The molecule has 1 unspecified atom stereocenters. The van der Waals surface area contributed by atoms with Crippen molar-refractivity contribution in [3.05, 3.63) is 23.7 Å². The molecule has 4 nitrogen and oxygen atoms in total. The first kappa shape index (κ1) is 14.7. The van der Waals surface area contributed by atoms with Gasteiger partial charge in [0.15, 0.2) is 0 Å². The second-order valence-electron chi connectivity index (χ2n) is 4.71. The average molecular weight is 268 g/mol. The van der Waals surface area contributed by atoms with Crippen molar-refractivity contribution in [3.63, 3.8) is 0 Å². The molecular weight excluding hydrogens is 248 g/mol. The minimum Gasteiger partial charge on any atom is -0.469 e. The monoisotopic (exact) mass is 268 g/mol. The summed E-state index contributed by atoms with van der Waals surface area (Å²) in [7, 11) is 1.75. The van der Waals surface area contributed by atoms with Gasteiger partial charge in [-0.15, -0.1) is 0 Å². The molecule has 0 saturated carbocycles. The summed E-state index contributed by atoms with van der Waals surface area (Å²) in [4.78, 5) is 14.3. The highest BCUT2D eigenvalue weighted by molar-refractivity contribution is 7.80. The van der Waals surface area contributed by atoms with Crippen LogP contribution in [0, 0.1) is 12.3 Å². The van der Waals surface area contributed by atoms with Gasteiger partial charge in [0.2, 0.25) is 5.91 Å². The van der Waals surface area contributed by atoms with E-state index in [-0.39, 0.29) is 10.9 Å². The Labute approximate surface area is 113 Å². The minimum atomic E-state index is -0.776. The number of aryl methyl sites for hydroxylation is 1. The summed E-state index contributed by atoms with van der Waals surface area (Å²) in [6.07, 6.45) is 2.21. The second kappa shape index (κ2) is 5.52. The van der Waals surface area contributed by atoms with Crippen LogP contribution in [-0.2, 0) is 11.3 Å². The number of nitrogens with two attached hydrogens (primary N) is 1. The third-order valence-electron chi connectivity index (χ3n) is 3.44. The predicted molar refractivity (Wildman–Crippen MR) is 75.1 cm³/mol. The Morgan fingerprint density at radius 2 is 2.22 bits per heavy atom. The number of furan rings is 1. The molecule has 0 aliphatic rings. The quantitative estimate of drug-likeness (QED) is 0.832. The lowest BCUT2D eigenvalue weighted by atomic mass is 9.86. The zero-order valence-corrected chi connectivity index (χ0v) is 12.1. The van der Waals surface area contributed by atoms with Gasteiger partial charge in [-0.1, -0.05) is 19.1 Å². The number of hydrogen-bond donors (Lipinski definition) is 1. The molecule has 100 valence electrons. The largest absolute Gasteiger partial charge is 0.469 e. The van der Waals surface area contributed by atoms with E-state index in [1.165, 1.54) is 0 Å². The van der Waals surface area contributed by atoms with Gasteiger partial charge in [0.1, 0.15) is 5.76 Å². The zero-order chi connectivity index (χ0) is 13.9. The van der Waals surface area contributed by atoms with Crippen molar-refractivity contribution < 1.29 is 9.21 Å². The van der Waals surface area contributed by atoms with Crippen LogP contribution in [0.25, 0.3) is 0 Å². The summed E-state index contributed by atoms with van der Waals surface area (Å²) in [6.45, 7) is 6.07. The number of rotatable bonds is 5. The first-order chi connectivity index (χ1) is 8.32. The summed E-state index contributed by atoms with van der Waals surface area (Å²) < 4.78 is 5.22. The molecule has 1 rings (SSSR count). The maximum atomic E-state index is 12.4. The maximum Gasteiger partial charge on any atom is 0.235 e. The van der Waals surface area contributed by atoms with E-state index < -0.39 is 5.41 Å². The van der Waals surface area contributed by atoms with Crippen molar-refractivity contribution in [3.8, 4) is 0 Å². The molecule has 0 saturated heterocycles. The minimum absolute atomic E-state index is 0.0573. The first-order valence-corrected chi connectivity index (χ1v) is 6.32. The number of carbonyl (C=O) groups is 1. The Balaban J connectivity index is 2.84. The lowest BCUT2D eigenvalue weighted by molar-refractivity contribution is -0.136. The van der Waals surface area contributed by atoms with Crippen LogP contribution < -0.4 is 5.73 Å². The van der Waals surface area contributed by atoms with Crippen LogP contribution in [-0.4, -0.2) is 22.8 Å². The maximum absolute atomic E-state index is 12.4. The first-order valence-electron chi connectivity index (χ1n) is 5.91. The van der Waals surface area contributed by atoms with Crippen molar-refractivity contribution in [1.82, 2.24) is 4.90 Å². The number of hydrogen-bond acceptors (Lipinski definition) is 3. The van der Waals surface area contributed by atoms with E-state index in [1.54, 1.807) is 25.1 Å². The van der Waals surface area contributed by atoms with Gasteiger partial charge >= 0.3 is 0 Å². The number of carbonyl (C=O) groups excluding carboxylic acids is 1. The topological polar surface area (TPSA) is 59.5 Å². The molecule has 1 aromatic rings. The van der Waals surface area contributed by atoms with Gasteiger partial charge in [-0.25, -0.2) is 0 Å². The van der Waals surface area contributed by atoms with Gasteiger partial charge in [-0.2, -0.15) is 0 Å². The summed E-state index contributed by atoms with van der Waals surface area (Å²) >= 11 is 5.01. The van der Waals surface area contributed by atoms with Gasteiger partial charge in [-0.05, 0) is 26.3 Å². The molecule has 0 bridgehead atoms. The molecule has 0 aromatic carbocycles. The van der Waals surface area contributed by atoms with Gasteiger partial charge in [0.05, 0.1) is 16.7 Å². The van der Waals surface area contributed by atoms with Gasteiger partial charge in [0.25, 0.3) is 0 Å². The fourth-order valence-electron chi connectivity index (χ4n) is 1.75. The Hall–Kier alpha value is -1.36. The summed E-state index contributed by atoms with van der Waals surface area (Å²) in [5.74, 6) is 0.765. The molecule has 0 fully saturated rings. The molecule has 1 aromatic heterocycles. The fourth-order valence-corrected chi connectivity index (χ4v) is 1.99. The van der Waals surface area contributed by atoms with E-state index in [2.05, 4.69) is 0 Å². The highest BCUT2D eigenvalue weighted by Gasteiger charge is 2.36. The average Bonchev–Trinajstić information content (AvgIpc) is 2.72. The number of nitrogens with zero attached hydrogens (tertiary/aromatic N) is 1. The molecule has 2 N–H and O–H groups in total. The SMILES string of the molecule is CCC(C)(C(=O)N(C)Cc1ccoc1C)C(N)=S. The summed E-state index contributed by atoms with van der Waals surface area (Å²) in [6, 6.07) is 1.86. The van der Waals surface area contributed by atoms with Gasteiger partial charge < -0.3 is 15.1 Å². The summed E-state index contributed by atoms with van der Waals surface area (Å²) in [5, 5.41) is 0. The zero-order valence-electron chi connectivity index (χ0n) is 11.3. The van der Waals surface area contributed by atoms with E-state index in [9.17, 15) is 4.79 Å². The molecule has 18 heavy (non-hydrogen) atoms. The van der Waals surface area contributed by atoms with Crippen molar-refractivity contribution >= 4 is 23.1 Å². The van der Waals surface area contributed by atoms with E-state index >= 15 is 0 Å². The van der Waals surface area contributed by atoms with Crippen LogP contribution >= 0.6 is 12.2 Å². The smallest absolute Gasteiger partial charge is 0.235 e. The molecule has 1 atom stereocenters. The van der Waals surface area contributed by atoms with Gasteiger partial charge in [-0.3, -0.25) is 4.79 Å². The van der Waals surface area contributed by atoms with Crippen LogP contribution in [0.4, 0.5) is 0 Å². The van der Waals surface area contributed by atoms with Crippen LogP contribution in [0.3, 0.4) is 0 Å². The van der Waals surface area contributed by atoms with Gasteiger partial charge in [0, 0.05) is 19.2 Å². The molecule has 0 radical (unpaired) electrons. The highest BCUT2D eigenvalue weighted by Crippen LogP contribution is 2.25. The van der Waals surface area contributed by atoms with Crippen LogP contribution in [0.5, 0.6) is 0 Å². The molecule has 0 spiro atoms. The van der Waals surface area contributed by atoms with E-state index in [4.69, 9.17) is 22.4 Å². The van der Waals surface area contributed by atoms with Crippen molar-refractivity contribution in [1.29, 1.82) is 0 Å². The Morgan fingerprint density at radius 3 is 2.61 bits per heavy atom. The second-order valence-corrected chi connectivity index (χ2v) is 5.15. The molecule has 1 amide bonds. The highest BCUT2D eigenvalue weighted by atomic mass is 32.1. The number of thiocarbonyl (C=S) groups is 1. The standard InChI is InChI=1S/C13H20N2O2S/c1-5-13(3,11(14)18)12(16)15(4)8-10-6-7-17-9(10)2/h6-7H,5,8H2,1-4H3,(H2,14,18). The number of amides is 1. The Morgan fingerprint density at radius 1 is 1.61 bits per heavy atom. The molecular formula is C13H20N2O2S. The van der Waals surface area contributed by atoms with E-state index in [0.29, 0.717) is 13.0 Å². The molecule has 1 heterocycles. The fraction of sp³-hybridized carbons (Fsp3) is 0.538. The molecule has 5 heteroatoms. The molecule has 0 aliphatic carbocycles. The lowest BCUT2D eigenvalue weighted by Gasteiger charge is -2.30. The van der Waals surface area contributed by atoms with Crippen LogP contribution in [0.2, 0.25) is 0 Å². The third-order valence-corrected chi connectivity index (χ3v) is 3.89. The Kier molecular flexibility index (Phi) is 4.51. The Bertz CT molecular complexity index is 456. The summed E-state index contributed by atoms with van der Waals surface area (Å²) in [5.41, 5.74) is 5.91. The normalized spacial score (nSPS) is 14.0. The predicted octanol–water partition coefficient (Wildman–Crippen LogP) is 2.25. The van der Waals surface area contributed by atoms with E-state index in [1.807, 2.05) is 19.9 Å². The van der Waals surface area contributed by atoms with E-state index in [0.717, 1.165) is 11.3 Å². The van der Waals surface area contributed by atoms with Crippen molar-refractivity contribution in [2.75, 3.05) is 7.05 Å². The van der Waals surface area contributed by atoms with Crippen molar-refractivity contribution in [2.45, 2.75) is 33.7 Å².